The van der Waals surface area contributed by atoms with Crippen molar-refractivity contribution in [1.82, 2.24) is 10.3 Å². The van der Waals surface area contributed by atoms with Gasteiger partial charge in [-0.15, -0.1) is 11.3 Å². The van der Waals surface area contributed by atoms with Crippen molar-refractivity contribution < 1.29 is 9.90 Å². The van der Waals surface area contributed by atoms with Crippen molar-refractivity contribution in [2.75, 3.05) is 13.2 Å². The van der Waals surface area contributed by atoms with E-state index in [1.165, 1.54) is 6.08 Å². The van der Waals surface area contributed by atoms with E-state index in [0.29, 0.717) is 6.54 Å². The van der Waals surface area contributed by atoms with Crippen molar-refractivity contribution in [2.24, 2.45) is 5.41 Å². The molecule has 5 heteroatoms. The normalized spacial score (nSPS) is 16.6. The van der Waals surface area contributed by atoms with Crippen LogP contribution in [0.4, 0.5) is 0 Å². The Bertz CT molecular complexity index is 626. The first-order chi connectivity index (χ1) is 9.71. The Balaban J connectivity index is 1.60. The maximum Gasteiger partial charge on any atom is 0.244 e. The van der Waals surface area contributed by atoms with Crippen molar-refractivity contribution in [3.8, 4) is 0 Å². The number of aromatic nitrogens is 1. The number of hydrogen-bond acceptors (Lipinski definition) is 4. The zero-order chi connectivity index (χ0) is 14.0. The van der Waals surface area contributed by atoms with Crippen LogP contribution in [0.25, 0.3) is 16.3 Å². The minimum atomic E-state index is -0.135. The molecule has 1 aliphatic carbocycles. The van der Waals surface area contributed by atoms with Gasteiger partial charge < -0.3 is 10.4 Å². The zero-order valence-electron chi connectivity index (χ0n) is 11.0. The predicted octanol–water partition coefficient (Wildman–Crippen LogP) is 2.20. The van der Waals surface area contributed by atoms with E-state index in [9.17, 15) is 9.90 Å². The third-order valence-electron chi connectivity index (χ3n) is 3.62. The lowest BCUT2D eigenvalue weighted by atomic mass is 10.1. The van der Waals surface area contributed by atoms with Crippen molar-refractivity contribution >= 4 is 33.5 Å². The van der Waals surface area contributed by atoms with E-state index in [4.69, 9.17) is 0 Å². The lowest BCUT2D eigenvalue weighted by Crippen LogP contribution is -2.30. The molecule has 1 amide bonds. The summed E-state index contributed by atoms with van der Waals surface area (Å²) in [5, 5.41) is 12.8. The fourth-order valence-electron chi connectivity index (χ4n) is 2.01. The molecule has 0 atom stereocenters. The lowest BCUT2D eigenvalue weighted by Gasteiger charge is -2.10. The Kier molecular flexibility index (Phi) is 3.54. The van der Waals surface area contributed by atoms with Crippen LogP contribution in [0.2, 0.25) is 0 Å². The molecule has 104 valence electrons. The molecule has 0 unspecified atom stereocenters. The Morgan fingerprint density at radius 3 is 2.95 bits per heavy atom. The summed E-state index contributed by atoms with van der Waals surface area (Å²) in [6.07, 6.45) is 5.22. The molecule has 4 nitrogen and oxygen atoms in total. The van der Waals surface area contributed by atoms with Gasteiger partial charge in [0.15, 0.2) is 0 Å². The summed E-state index contributed by atoms with van der Waals surface area (Å²) in [5.74, 6) is -0.135. The minimum Gasteiger partial charge on any atom is -0.396 e. The first kappa shape index (κ1) is 13.3. The number of amides is 1. The van der Waals surface area contributed by atoms with Crippen LogP contribution < -0.4 is 5.32 Å². The van der Waals surface area contributed by atoms with E-state index in [1.54, 1.807) is 17.4 Å². The maximum atomic E-state index is 11.7. The van der Waals surface area contributed by atoms with E-state index in [2.05, 4.69) is 10.3 Å². The van der Waals surface area contributed by atoms with Crippen molar-refractivity contribution in [3.05, 3.63) is 35.3 Å². The van der Waals surface area contributed by atoms with Crippen LogP contribution in [-0.2, 0) is 4.79 Å². The molecule has 0 spiro atoms. The van der Waals surface area contributed by atoms with Crippen LogP contribution in [0, 0.1) is 5.41 Å². The van der Waals surface area contributed by atoms with Gasteiger partial charge in [0.2, 0.25) is 5.91 Å². The van der Waals surface area contributed by atoms with Gasteiger partial charge >= 0.3 is 0 Å². The monoisotopic (exact) mass is 288 g/mol. The summed E-state index contributed by atoms with van der Waals surface area (Å²) in [6.45, 7) is 0.696. The fourth-order valence-corrected chi connectivity index (χ4v) is 2.88. The van der Waals surface area contributed by atoms with Gasteiger partial charge in [0.05, 0.1) is 16.8 Å². The molecule has 1 saturated carbocycles. The standard InChI is InChI=1S/C15H16N2O2S/c18-10-15(7-8-15)9-16-13(19)5-6-14-17-11-3-1-2-4-12(11)20-14/h1-6,18H,7-10H2,(H,16,19)/b6-5+. The number of para-hydroxylation sites is 1. The highest BCUT2D eigenvalue weighted by atomic mass is 32.1. The number of aliphatic hydroxyl groups is 1. The molecule has 2 N–H and O–H groups in total. The maximum absolute atomic E-state index is 11.7. The predicted molar refractivity (Wildman–Crippen MR) is 80.4 cm³/mol. The van der Waals surface area contributed by atoms with E-state index < -0.39 is 0 Å². The number of nitrogens with zero attached hydrogens (tertiary/aromatic N) is 1. The summed E-state index contributed by atoms with van der Waals surface area (Å²) < 4.78 is 1.12. The number of rotatable bonds is 5. The highest BCUT2D eigenvalue weighted by Gasteiger charge is 2.41. The van der Waals surface area contributed by atoms with E-state index in [1.807, 2.05) is 24.3 Å². The van der Waals surface area contributed by atoms with Gasteiger partial charge in [-0.05, 0) is 31.1 Å². The number of nitrogens with one attached hydrogen (secondary N) is 1. The summed E-state index contributed by atoms with van der Waals surface area (Å²) in [6, 6.07) is 7.90. The number of carbonyl (C=O) groups excluding carboxylic acids is 1. The van der Waals surface area contributed by atoms with Crippen molar-refractivity contribution in [2.45, 2.75) is 12.8 Å². The van der Waals surface area contributed by atoms with Crippen LogP contribution in [0.5, 0.6) is 0 Å². The van der Waals surface area contributed by atoms with Gasteiger partial charge in [0, 0.05) is 18.0 Å². The topological polar surface area (TPSA) is 62.2 Å². The van der Waals surface area contributed by atoms with E-state index in [0.717, 1.165) is 28.1 Å². The summed E-state index contributed by atoms with van der Waals surface area (Å²) in [4.78, 5) is 16.2. The molecule has 1 aliphatic rings. The molecule has 0 bridgehead atoms. The molecule has 3 rings (SSSR count). The Morgan fingerprint density at radius 2 is 2.25 bits per heavy atom. The Labute approximate surface area is 121 Å². The molecule has 0 saturated heterocycles. The number of thiazole rings is 1. The smallest absolute Gasteiger partial charge is 0.244 e. The van der Waals surface area contributed by atoms with Crippen molar-refractivity contribution in [1.29, 1.82) is 0 Å². The van der Waals surface area contributed by atoms with E-state index in [-0.39, 0.29) is 17.9 Å². The zero-order valence-corrected chi connectivity index (χ0v) is 11.8. The second kappa shape index (κ2) is 5.34. The number of benzene rings is 1. The van der Waals surface area contributed by atoms with Gasteiger partial charge in [-0.1, -0.05) is 12.1 Å². The number of aliphatic hydroxyl groups excluding tert-OH is 1. The lowest BCUT2D eigenvalue weighted by molar-refractivity contribution is -0.116. The number of hydrogen-bond donors (Lipinski definition) is 2. The van der Waals surface area contributed by atoms with Crippen LogP contribution in [-0.4, -0.2) is 29.1 Å². The second-order valence-corrected chi connectivity index (χ2v) is 6.29. The van der Waals surface area contributed by atoms with Gasteiger partial charge in [-0.2, -0.15) is 0 Å². The van der Waals surface area contributed by atoms with Crippen LogP contribution in [0.3, 0.4) is 0 Å². The Morgan fingerprint density at radius 1 is 1.45 bits per heavy atom. The number of carbonyl (C=O) groups is 1. The molecular weight excluding hydrogens is 272 g/mol. The fraction of sp³-hybridized carbons (Fsp3) is 0.333. The molecule has 1 heterocycles. The second-order valence-electron chi connectivity index (χ2n) is 5.23. The van der Waals surface area contributed by atoms with Gasteiger partial charge in [0.25, 0.3) is 0 Å². The highest BCUT2D eigenvalue weighted by molar-refractivity contribution is 7.19. The first-order valence-corrected chi connectivity index (χ1v) is 7.45. The quantitative estimate of drug-likeness (QED) is 0.829. The SMILES string of the molecule is O=C(/C=C/c1nc2ccccc2s1)NCC1(CO)CC1. The minimum absolute atomic E-state index is 0.0562. The van der Waals surface area contributed by atoms with Gasteiger partial charge in [-0.25, -0.2) is 4.98 Å². The number of fused-ring (bicyclic) bond motifs is 1. The molecule has 1 fully saturated rings. The summed E-state index contributed by atoms with van der Waals surface area (Å²) in [5.41, 5.74) is 0.897. The summed E-state index contributed by atoms with van der Waals surface area (Å²) in [7, 11) is 0. The molecule has 0 aliphatic heterocycles. The molecule has 20 heavy (non-hydrogen) atoms. The Hall–Kier alpha value is -1.72. The average Bonchev–Trinajstić information content (AvgIpc) is 3.14. The van der Waals surface area contributed by atoms with Gasteiger partial charge in [-0.3, -0.25) is 4.79 Å². The van der Waals surface area contributed by atoms with Gasteiger partial charge in [0.1, 0.15) is 5.01 Å². The van der Waals surface area contributed by atoms with Crippen LogP contribution >= 0.6 is 11.3 Å². The molecule has 2 aromatic rings. The summed E-state index contributed by atoms with van der Waals surface area (Å²) >= 11 is 1.56. The molecule has 1 aromatic heterocycles. The van der Waals surface area contributed by atoms with Crippen LogP contribution in [0.1, 0.15) is 17.8 Å². The molecular formula is C15H16N2O2S. The van der Waals surface area contributed by atoms with Crippen molar-refractivity contribution in [3.63, 3.8) is 0 Å². The third kappa shape index (κ3) is 2.89. The molecule has 1 aromatic carbocycles. The largest absolute Gasteiger partial charge is 0.396 e. The third-order valence-corrected chi connectivity index (χ3v) is 4.62. The molecule has 0 radical (unpaired) electrons. The first-order valence-electron chi connectivity index (χ1n) is 6.63. The highest BCUT2D eigenvalue weighted by Crippen LogP contribution is 2.44. The van der Waals surface area contributed by atoms with E-state index >= 15 is 0 Å². The average molecular weight is 288 g/mol. The van der Waals surface area contributed by atoms with Crippen LogP contribution in [0.15, 0.2) is 30.3 Å².